The molecule has 3 nitrogen and oxygen atoms in total. The number of benzene rings is 2. The molecular weight excluding hydrogens is 310 g/mol. The summed E-state index contributed by atoms with van der Waals surface area (Å²) in [6.07, 6.45) is 0. The third kappa shape index (κ3) is 4.73. The molecule has 0 saturated heterocycles. The maximum absolute atomic E-state index is 12.7. The van der Waals surface area contributed by atoms with Crippen molar-refractivity contribution in [2.24, 2.45) is 5.92 Å². The lowest BCUT2D eigenvalue weighted by atomic mass is 9.87. The van der Waals surface area contributed by atoms with Gasteiger partial charge in [-0.15, -0.1) is 0 Å². The summed E-state index contributed by atoms with van der Waals surface area (Å²) in [6.45, 7) is 6.64. The van der Waals surface area contributed by atoms with Crippen molar-refractivity contribution >= 4 is 23.2 Å². The van der Waals surface area contributed by atoms with Gasteiger partial charge in [0.05, 0.1) is 12.5 Å². The number of carbonyl (C=O) groups excluding carboxylic acids is 1. The molecular formula is C19H22ClNO2. The van der Waals surface area contributed by atoms with Crippen LogP contribution in [-0.2, 0) is 4.79 Å². The summed E-state index contributed by atoms with van der Waals surface area (Å²) in [4.78, 5) is 12.7. The van der Waals surface area contributed by atoms with Gasteiger partial charge in [0.25, 0.3) is 0 Å². The van der Waals surface area contributed by atoms with Crippen LogP contribution in [0.15, 0.2) is 48.5 Å². The molecule has 0 fully saturated rings. The average Bonchev–Trinajstić information content (AvgIpc) is 2.51. The molecule has 1 amide bonds. The SMILES string of the molecule is CCOc1ccc(NC(=O)C(c2ccc(Cl)cc2)C(C)C)cc1. The maximum atomic E-state index is 12.7. The molecule has 0 aliphatic carbocycles. The van der Waals surface area contributed by atoms with Crippen molar-refractivity contribution in [1.82, 2.24) is 0 Å². The van der Waals surface area contributed by atoms with E-state index in [-0.39, 0.29) is 17.7 Å². The van der Waals surface area contributed by atoms with E-state index in [2.05, 4.69) is 5.32 Å². The van der Waals surface area contributed by atoms with E-state index in [1.807, 2.05) is 69.3 Å². The summed E-state index contributed by atoms with van der Waals surface area (Å²) in [7, 11) is 0. The largest absolute Gasteiger partial charge is 0.494 e. The Morgan fingerprint density at radius 2 is 1.70 bits per heavy atom. The van der Waals surface area contributed by atoms with E-state index in [1.165, 1.54) is 0 Å². The number of carbonyl (C=O) groups is 1. The Labute approximate surface area is 142 Å². The van der Waals surface area contributed by atoms with Crippen molar-refractivity contribution < 1.29 is 9.53 Å². The van der Waals surface area contributed by atoms with Crippen molar-refractivity contribution in [3.05, 3.63) is 59.1 Å². The fourth-order valence-electron chi connectivity index (χ4n) is 2.53. The van der Waals surface area contributed by atoms with Gasteiger partial charge in [-0.05, 0) is 54.8 Å². The van der Waals surface area contributed by atoms with Gasteiger partial charge in [-0.3, -0.25) is 4.79 Å². The molecule has 2 aromatic rings. The van der Waals surface area contributed by atoms with Gasteiger partial charge in [-0.1, -0.05) is 37.6 Å². The molecule has 0 spiro atoms. The third-order valence-electron chi connectivity index (χ3n) is 3.61. The Hall–Kier alpha value is -2.00. The minimum Gasteiger partial charge on any atom is -0.494 e. The normalized spacial score (nSPS) is 12.0. The van der Waals surface area contributed by atoms with E-state index < -0.39 is 0 Å². The zero-order chi connectivity index (χ0) is 16.8. The first-order chi connectivity index (χ1) is 11.0. The van der Waals surface area contributed by atoms with E-state index in [0.717, 1.165) is 17.0 Å². The van der Waals surface area contributed by atoms with Gasteiger partial charge in [0, 0.05) is 10.7 Å². The molecule has 0 radical (unpaired) electrons. The van der Waals surface area contributed by atoms with Gasteiger partial charge < -0.3 is 10.1 Å². The Morgan fingerprint density at radius 1 is 1.09 bits per heavy atom. The Balaban J connectivity index is 2.13. The molecule has 23 heavy (non-hydrogen) atoms. The number of halogens is 1. The van der Waals surface area contributed by atoms with Gasteiger partial charge in [0.15, 0.2) is 0 Å². The molecule has 0 aromatic heterocycles. The van der Waals surface area contributed by atoms with Crippen molar-refractivity contribution in [1.29, 1.82) is 0 Å². The average molecular weight is 332 g/mol. The van der Waals surface area contributed by atoms with E-state index in [1.54, 1.807) is 0 Å². The smallest absolute Gasteiger partial charge is 0.232 e. The van der Waals surface area contributed by atoms with Crippen molar-refractivity contribution in [3.63, 3.8) is 0 Å². The van der Waals surface area contributed by atoms with Gasteiger partial charge >= 0.3 is 0 Å². The predicted octanol–water partition coefficient (Wildman–Crippen LogP) is 5.12. The Kier molecular flexibility index (Phi) is 6.05. The van der Waals surface area contributed by atoms with Crippen molar-refractivity contribution in [3.8, 4) is 5.75 Å². The van der Waals surface area contributed by atoms with Crippen molar-refractivity contribution in [2.45, 2.75) is 26.7 Å². The van der Waals surface area contributed by atoms with Crippen LogP contribution in [0.2, 0.25) is 5.02 Å². The maximum Gasteiger partial charge on any atom is 0.232 e. The molecule has 2 aromatic carbocycles. The highest BCUT2D eigenvalue weighted by Gasteiger charge is 2.24. The molecule has 4 heteroatoms. The number of anilines is 1. The van der Waals surface area contributed by atoms with Gasteiger partial charge in [-0.2, -0.15) is 0 Å². The van der Waals surface area contributed by atoms with E-state index >= 15 is 0 Å². The minimum absolute atomic E-state index is 0.0218. The second-order valence-corrected chi connectivity index (χ2v) is 6.16. The number of amides is 1. The number of hydrogen-bond acceptors (Lipinski definition) is 2. The van der Waals surface area contributed by atoms with Crippen LogP contribution in [0.3, 0.4) is 0 Å². The fourth-order valence-corrected chi connectivity index (χ4v) is 2.66. The van der Waals surface area contributed by atoms with E-state index in [4.69, 9.17) is 16.3 Å². The lowest BCUT2D eigenvalue weighted by molar-refractivity contribution is -0.118. The number of hydrogen-bond donors (Lipinski definition) is 1. The zero-order valence-corrected chi connectivity index (χ0v) is 14.4. The topological polar surface area (TPSA) is 38.3 Å². The summed E-state index contributed by atoms with van der Waals surface area (Å²) in [6, 6.07) is 14.9. The van der Waals surface area contributed by atoms with Gasteiger partial charge in [-0.25, -0.2) is 0 Å². The van der Waals surface area contributed by atoms with Crippen LogP contribution in [0.5, 0.6) is 5.75 Å². The van der Waals surface area contributed by atoms with Crippen LogP contribution >= 0.6 is 11.6 Å². The van der Waals surface area contributed by atoms with Crippen LogP contribution in [0, 0.1) is 5.92 Å². The lowest BCUT2D eigenvalue weighted by Crippen LogP contribution is -2.25. The second-order valence-electron chi connectivity index (χ2n) is 5.72. The summed E-state index contributed by atoms with van der Waals surface area (Å²) < 4.78 is 5.41. The first kappa shape index (κ1) is 17.4. The van der Waals surface area contributed by atoms with Crippen LogP contribution in [0.25, 0.3) is 0 Å². The minimum atomic E-state index is -0.223. The summed E-state index contributed by atoms with van der Waals surface area (Å²) in [5, 5.41) is 3.65. The van der Waals surface area contributed by atoms with E-state index in [0.29, 0.717) is 11.6 Å². The second kappa shape index (κ2) is 8.02. The molecule has 1 unspecified atom stereocenters. The molecule has 0 aliphatic rings. The lowest BCUT2D eigenvalue weighted by Gasteiger charge is -2.21. The number of rotatable bonds is 6. The molecule has 1 atom stereocenters. The zero-order valence-electron chi connectivity index (χ0n) is 13.7. The van der Waals surface area contributed by atoms with Crippen LogP contribution < -0.4 is 10.1 Å². The first-order valence-electron chi connectivity index (χ1n) is 7.80. The number of nitrogens with one attached hydrogen (secondary N) is 1. The number of ether oxygens (including phenoxy) is 1. The molecule has 0 heterocycles. The Morgan fingerprint density at radius 3 is 2.22 bits per heavy atom. The first-order valence-corrected chi connectivity index (χ1v) is 8.18. The highest BCUT2D eigenvalue weighted by molar-refractivity contribution is 6.30. The van der Waals surface area contributed by atoms with Crippen LogP contribution in [0.4, 0.5) is 5.69 Å². The molecule has 0 aliphatic heterocycles. The highest BCUT2D eigenvalue weighted by Crippen LogP contribution is 2.27. The monoisotopic (exact) mass is 331 g/mol. The molecule has 122 valence electrons. The predicted molar refractivity (Wildman–Crippen MR) is 95.3 cm³/mol. The molecule has 0 saturated carbocycles. The molecule has 1 N–H and O–H groups in total. The fraction of sp³-hybridized carbons (Fsp3) is 0.316. The van der Waals surface area contributed by atoms with Gasteiger partial charge in [0.1, 0.15) is 5.75 Å². The summed E-state index contributed by atoms with van der Waals surface area (Å²) in [5.74, 6) is 0.729. The quantitative estimate of drug-likeness (QED) is 0.798. The van der Waals surface area contributed by atoms with Gasteiger partial charge in [0.2, 0.25) is 5.91 Å². The standard InChI is InChI=1S/C19H22ClNO2/c1-4-23-17-11-9-16(10-12-17)21-19(22)18(13(2)3)14-5-7-15(20)8-6-14/h5-13,18H,4H2,1-3H3,(H,21,22). The highest BCUT2D eigenvalue weighted by atomic mass is 35.5. The third-order valence-corrected chi connectivity index (χ3v) is 3.86. The summed E-state index contributed by atoms with van der Waals surface area (Å²) >= 11 is 5.93. The molecule has 0 bridgehead atoms. The summed E-state index contributed by atoms with van der Waals surface area (Å²) in [5.41, 5.74) is 1.73. The van der Waals surface area contributed by atoms with Crippen LogP contribution in [0.1, 0.15) is 32.3 Å². The Bertz CT molecular complexity index is 635. The van der Waals surface area contributed by atoms with E-state index in [9.17, 15) is 4.79 Å². The van der Waals surface area contributed by atoms with Crippen LogP contribution in [-0.4, -0.2) is 12.5 Å². The van der Waals surface area contributed by atoms with Crippen molar-refractivity contribution in [2.75, 3.05) is 11.9 Å². The molecule has 2 rings (SSSR count).